The molecule has 0 bridgehead atoms. The first-order valence-electron chi connectivity index (χ1n) is 6.31. The second kappa shape index (κ2) is 7.25. The predicted molar refractivity (Wildman–Crippen MR) is 79.2 cm³/mol. The highest BCUT2D eigenvalue weighted by Crippen LogP contribution is 2.20. The van der Waals surface area contributed by atoms with Crippen molar-refractivity contribution < 1.29 is 18.3 Å². The maximum Gasteiger partial charge on any atom is 0.229 e. The van der Waals surface area contributed by atoms with Crippen LogP contribution >= 0.6 is 0 Å². The minimum Gasteiger partial charge on any atom is -0.396 e. The number of sulfonamides is 1. The van der Waals surface area contributed by atoms with Crippen LogP contribution in [0.25, 0.3) is 0 Å². The van der Waals surface area contributed by atoms with E-state index < -0.39 is 10.0 Å². The minimum absolute atomic E-state index is 0.0816. The van der Waals surface area contributed by atoms with E-state index in [4.69, 9.17) is 5.11 Å². The van der Waals surface area contributed by atoms with Crippen molar-refractivity contribution in [2.75, 3.05) is 22.9 Å². The van der Waals surface area contributed by atoms with Crippen LogP contribution < -0.4 is 10.0 Å². The Balaban J connectivity index is 2.65. The van der Waals surface area contributed by atoms with Gasteiger partial charge in [-0.2, -0.15) is 0 Å². The Morgan fingerprint density at radius 3 is 2.55 bits per heavy atom. The van der Waals surface area contributed by atoms with Crippen molar-refractivity contribution in [3.8, 4) is 0 Å². The Hall–Kier alpha value is -1.60. The Morgan fingerprint density at radius 2 is 2.00 bits per heavy atom. The molecule has 0 fully saturated rings. The summed E-state index contributed by atoms with van der Waals surface area (Å²) in [5.41, 5.74) is 1.84. The highest BCUT2D eigenvalue weighted by atomic mass is 32.2. The van der Waals surface area contributed by atoms with Crippen molar-refractivity contribution in [1.82, 2.24) is 0 Å². The van der Waals surface area contributed by atoms with Crippen molar-refractivity contribution in [3.05, 3.63) is 23.8 Å². The molecule has 112 valence electrons. The zero-order valence-electron chi connectivity index (χ0n) is 11.6. The van der Waals surface area contributed by atoms with Crippen LogP contribution in [0.1, 0.15) is 24.8 Å². The molecule has 3 N–H and O–H groups in total. The monoisotopic (exact) mass is 300 g/mol. The number of hydrogen-bond acceptors (Lipinski definition) is 4. The molecule has 20 heavy (non-hydrogen) atoms. The summed E-state index contributed by atoms with van der Waals surface area (Å²) in [6, 6.07) is 4.96. The predicted octanol–water partition coefficient (Wildman–Crippen LogP) is 1.47. The lowest BCUT2D eigenvalue weighted by Gasteiger charge is -2.10. The number of benzene rings is 1. The summed E-state index contributed by atoms with van der Waals surface area (Å²) in [7, 11) is -3.31. The van der Waals surface area contributed by atoms with Crippen LogP contribution in [0.2, 0.25) is 0 Å². The van der Waals surface area contributed by atoms with E-state index in [-0.39, 0.29) is 12.5 Å². The lowest BCUT2D eigenvalue weighted by atomic mass is 10.1. The van der Waals surface area contributed by atoms with Gasteiger partial charge in [0, 0.05) is 18.7 Å². The van der Waals surface area contributed by atoms with Crippen molar-refractivity contribution in [3.63, 3.8) is 0 Å². The number of amides is 1. The maximum absolute atomic E-state index is 11.6. The number of aryl methyl sites for hydroxylation is 1. The van der Waals surface area contributed by atoms with E-state index in [1.807, 2.05) is 0 Å². The highest BCUT2D eigenvalue weighted by molar-refractivity contribution is 7.92. The van der Waals surface area contributed by atoms with Crippen molar-refractivity contribution >= 4 is 27.3 Å². The quantitative estimate of drug-likeness (QED) is 0.664. The normalized spacial score (nSPS) is 11.2. The topological polar surface area (TPSA) is 95.5 Å². The average molecular weight is 300 g/mol. The second-order valence-electron chi connectivity index (χ2n) is 4.63. The molecule has 0 saturated carbocycles. The van der Waals surface area contributed by atoms with Gasteiger partial charge in [0.05, 0.1) is 11.9 Å². The van der Waals surface area contributed by atoms with Gasteiger partial charge >= 0.3 is 0 Å². The van der Waals surface area contributed by atoms with E-state index >= 15 is 0 Å². The van der Waals surface area contributed by atoms with E-state index in [9.17, 15) is 13.2 Å². The summed E-state index contributed by atoms with van der Waals surface area (Å²) in [6.07, 6.45) is 2.67. The smallest absolute Gasteiger partial charge is 0.229 e. The molecule has 0 atom stereocenters. The van der Waals surface area contributed by atoms with E-state index in [2.05, 4.69) is 10.0 Å². The Bertz CT molecular complexity index is 570. The molecule has 0 aliphatic heterocycles. The number of carbonyl (C=O) groups is 1. The number of unbranched alkanes of at least 4 members (excludes halogenated alkanes) is 1. The van der Waals surface area contributed by atoms with Gasteiger partial charge in [0.15, 0.2) is 0 Å². The molecule has 7 heteroatoms. The molecule has 6 nitrogen and oxygen atoms in total. The third-order valence-electron chi connectivity index (χ3n) is 2.62. The molecule has 0 saturated heterocycles. The Kier molecular flexibility index (Phi) is 5.97. The zero-order chi connectivity index (χ0) is 15.2. The third-order valence-corrected chi connectivity index (χ3v) is 3.21. The molecule has 0 aliphatic rings. The average Bonchev–Trinajstić information content (AvgIpc) is 2.31. The largest absolute Gasteiger partial charge is 0.396 e. The minimum atomic E-state index is -3.31. The molecule has 0 aliphatic carbocycles. The fourth-order valence-corrected chi connectivity index (χ4v) is 2.31. The fraction of sp³-hybridized carbons (Fsp3) is 0.462. The lowest BCUT2D eigenvalue weighted by molar-refractivity contribution is -0.116. The second-order valence-corrected chi connectivity index (χ2v) is 6.38. The molecule has 0 aromatic heterocycles. The first-order valence-corrected chi connectivity index (χ1v) is 8.20. The standard InChI is InChI=1S/C13H20N2O4S/c1-10-9-11(14-13(17)5-3-4-8-16)6-7-12(10)15-20(2,18)19/h6-7,9,15-16H,3-5,8H2,1-2H3,(H,14,17). The van der Waals surface area contributed by atoms with E-state index in [1.54, 1.807) is 25.1 Å². The molecule has 1 aromatic carbocycles. The van der Waals surface area contributed by atoms with E-state index in [0.29, 0.717) is 30.6 Å². The van der Waals surface area contributed by atoms with E-state index in [0.717, 1.165) is 11.8 Å². The van der Waals surface area contributed by atoms with Crippen LogP contribution in [-0.2, 0) is 14.8 Å². The van der Waals surface area contributed by atoms with Gasteiger partial charge in [0.25, 0.3) is 0 Å². The number of anilines is 2. The number of nitrogens with one attached hydrogen (secondary N) is 2. The van der Waals surface area contributed by atoms with Crippen molar-refractivity contribution in [2.45, 2.75) is 26.2 Å². The van der Waals surface area contributed by atoms with Gasteiger partial charge in [-0.1, -0.05) is 0 Å². The number of aliphatic hydroxyl groups excluding tert-OH is 1. The van der Waals surface area contributed by atoms with Gasteiger partial charge in [0.1, 0.15) is 0 Å². The van der Waals surface area contributed by atoms with Crippen molar-refractivity contribution in [2.24, 2.45) is 0 Å². The van der Waals surface area contributed by atoms with Crippen molar-refractivity contribution in [1.29, 1.82) is 0 Å². The zero-order valence-corrected chi connectivity index (χ0v) is 12.5. The van der Waals surface area contributed by atoms with Crippen LogP contribution in [0.4, 0.5) is 11.4 Å². The van der Waals surface area contributed by atoms with Gasteiger partial charge in [-0.3, -0.25) is 9.52 Å². The number of aliphatic hydroxyl groups is 1. The van der Waals surface area contributed by atoms with Crippen LogP contribution in [0.3, 0.4) is 0 Å². The third kappa shape index (κ3) is 6.03. The summed E-state index contributed by atoms with van der Waals surface area (Å²) in [6.45, 7) is 1.84. The molecule has 1 aromatic rings. The number of carbonyl (C=O) groups excluding carboxylic acids is 1. The van der Waals surface area contributed by atoms with Crippen LogP contribution in [0, 0.1) is 6.92 Å². The molecule has 0 heterocycles. The van der Waals surface area contributed by atoms with Gasteiger partial charge < -0.3 is 10.4 Å². The highest BCUT2D eigenvalue weighted by Gasteiger charge is 2.07. The Morgan fingerprint density at radius 1 is 1.30 bits per heavy atom. The van der Waals surface area contributed by atoms with E-state index in [1.165, 1.54) is 0 Å². The Labute approximate surface area is 119 Å². The lowest BCUT2D eigenvalue weighted by Crippen LogP contribution is -2.13. The van der Waals surface area contributed by atoms with Crippen LogP contribution in [0.5, 0.6) is 0 Å². The van der Waals surface area contributed by atoms with Gasteiger partial charge in [0.2, 0.25) is 15.9 Å². The fourth-order valence-electron chi connectivity index (χ4n) is 1.68. The summed E-state index contributed by atoms with van der Waals surface area (Å²) in [5, 5.41) is 11.4. The summed E-state index contributed by atoms with van der Waals surface area (Å²) >= 11 is 0. The summed E-state index contributed by atoms with van der Waals surface area (Å²) in [5.74, 6) is -0.123. The molecule has 0 spiro atoms. The molecule has 0 radical (unpaired) electrons. The summed E-state index contributed by atoms with van der Waals surface area (Å²) < 4.78 is 24.7. The van der Waals surface area contributed by atoms with Gasteiger partial charge in [-0.15, -0.1) is 0 Å². The first kappa shape index (κ1) is 16.5. The van der Waals surface area contributed by atoms with Gasteiger partial charge in [-0.05, 0) is 43.5 Å². The molecule has 0 unspecified atom stereocenters. The van der Waals surface area contributed by atoms with Crippen LogP contribution in [0.15, 0.2) is 18.2 Å². The molecule has 1 rings (SSSR count). The van der Waals surface area contributed by atoms with Gasteiger partial charge in [-0.25, -0.2) is 8.42 Å². The molecular weight excluding hydrogens is 280 g/mol. The van der Waals surface area contributed by atoms with Crippen LogP contribution in [-0.4, -0.2) is 32.3 Å². The number of hydrogen-bond donors (Lipinski definition) is 3. The maximum atomic E-state index is 11.6. The number of rotatable bonds is 7. The first-order chi connectivity index (χ1) is 9.31. The SMILES string of the molecule is Cc1cc(NC(=O)CCCCO)ccc1NS(C)(=O)=O. The summed E-state index contributed by atoms with van der Waals surface area (Å²) in [4.78, 5) is 11.6. The molecule has 1 amide bonds. The molecular formula is C13H20N2O4S.